The molecular weight excluding hydrogens is 564 g/mol. The van der Waals surface area contributed by atoms with Crippen LogP contribution in [0.3, 0.4) is 0 Å². The second-order valence-corrected chi connectivity index (χ2v) is 17.2. The smallest absolute Gasteiger partial charge is 0.197 e. The van der Waals surface area contributed by atoms with Crippen molar-refractivity contribution in [2.24, 2.45) is 0 Å². The highest BCUT2D eigenvalue weighted by atomic mass is 16.7. The predicted octanol–water partition coefficient (Wildman–Crippen LogP) is 8.75. The number of hydrogen-bond donors (Lipinski definition) is 0. The van der Waals surface area contributed by atoms with Crippen LogP contribution in [-0.4, -0.2) is 51.2 Å². The molecule has 0 radical (unpaired) electrons. The van der Waals surface area contributed by atoms with E-state index in [4.69, 9.17) is 28.4 Å². The summed E-state index contributed by atoms with van der Waals surface area (Å²) in [5.74, 6) is 1.87. The summed E-state index contributed by atoms with van der Waals surface area (Å²) in [6, 6.07) is 9.37. The van der Waals surface area contributed by atoms with Crippen LogP contribution in [0.1, 0.15) is 130 Å². The second kappa shape index (κ2) is 13.2. The van der Waals surface area contributed by atoms with Crippen LogP contribution in [0.2, 0.25) is 0 Å². The molecule has 2 aliphatic rings. The fraction of sp³-hybridized carbons (Fsp3) is 0.692. The monoisotopic (exact) mass is 624 g/mol. The summed E-state index contributed by atoms with van der Waals surface area (Å²) in [5.41, 5.74) is 6.81. The van der Waals surface area contributed by atoms with E-state index in [9.17, 15) is 0 Å². The van der Waals surface area contributed by atoms with E-state index >= 15 is 0 Å². The molecule has 0 spiro atoms. The first-order chi connectivity index (χ1) is 20.6. The minimum atomic E-state index is -0.373. The molecule has 4 atom stereocenters. The molecule has 6 nitrogen and oxygen atoms in total. The molecule has 0 bridgehead atoms. The van der Waals surface area contributed by atoms with Crippen LogP contribution in [0.25, 0.3) is 0 Å². The first-order valence-electron chi connectivity index (χ1n) is 16.8. The lowest BCUT2D eigenvalue weighted by molar-refractivity contribution is -0.0726. The van der Waals surface area contributed by atoms with E-state index in [1.54, 1.807) is 0 Å². The van der Waals surface area contributed by atoms with Gasteiger partial charge in [0.15, 0.2) is 12.6 Å². The van der Waals surface area contributed by atoms with Crippen LogP contribution >= 0.6 is 0 Å². The minimum absolute atomic E-state index is 0.128. The van der Waals surface area contributed by atoms with Crippen LogP contribution < -0.4 is 9.47 Å². The summed E-state index contributed by atoms with van der Waals surface area (Å²) in [6.07, 6.45) is 0.449. The fourth-order valence-corrected chi connectivity index (χ4v) is 5.51. The van der Waals surface area contributed by atoms with Crippen LogP contribution in [0, 0.1) is 0 Å². The third-order valence-electron chi connectivity index (χ3n) is 8.34. The van der Waals surface area contributed by atoms with Crippen molar-refractivity contribution < 1.29 is 28.4 Å². The highest BCUT2D eigenvalue weighted by Gasteiger charge is 2.32. The van der Waals surface area contributed by atoms with Gasteiger partial charge in [-0.25, -0.2) is 0 Å². The van der Waals surface area contributed by atoms with E-state index in [1.165, 1.54) is 33.4 Å². The Morgan fingerprint density at radius 2 is 0.822 bits per heavy atom. The predicted molar refractivity (Wildman–Crippen MR) is 182 cm³/mol. The average molecular weight is 625 g/mol. The van der Waals surface area contributed by atoms with E-state index in [1.807, 2.05) is 13.8 Å². The molecule has 0 saturated carbocycles. The van der Waals surface area contributed by atoms with Gasteiger partial charge in [-0.3, -0.25) is 0 Å². The molecule has 6 heteroatoms. The van der Waals surface area contributed by atoms with Gasteiger partial charge in [0.05, 0.1) is 26.4 Å². The van der Waals surface area contributed by atoms with Gasteiger partial charge in [-0.05, 0) is 53.1 Å². The maximum Gasteiger partial charge on any atom is 0.197 e. The molecule has 2 heterocycles. The van der Waals surface area contributed by atoms with Crippen molar-refractivity contribution in [1.82, 2.24) is 0 Å². The molecule has 2 saturated heterocycles. The van der Waals surface area contributed by atoms with E-state index in [0.29, 0.717) is 13.2 Å². The number of benzene rings is 2. The summed E-state index contributed by atoms with van der Waals surface area (Å²) < 4.78 is 36.0. The quantitative estimate of drug-likeness (QED) is 0.174. The molecule has 4 rings (SSSR count). The van der Waals surface area contributed by atoms with E-state index in [0.717, 1.165) is 31.1 Å². The Kier molecular flexibility index (Phi) is 10.5. The van der Waals surface area contributed by atoms with Gasteiger partial charge in [-0.1, -0.05) is 107 Å². The molecule has 2 aromatic carbocycles. The lowest BCUT2D eigenvalue weighted by Crippen LogP contribution is -2.26. The van der Waals surface area contributed by atoms with Crippen molar-refractivity contribution in [3.8, 4) is 11.5 Å². The zero-order valence-corrected chi connectivity index (χ0v) is 30.6. The molecule has 45 heavy (non-hydrogen) atoms. The molecule has 0 N–H and O–H groups in total. The molecule has 0 amide bonds. The lowest BCUT2D eigenvalue weighted by atomic mass is 9.76. The highest BCUT2D eigenvalue weighted by molar-refractivity contribution is 5.54. The standard InChI is InChI=1S/C39H60O6/c1-24(40-20-28-22-42-28)44-34-30(36(3,4)5)16-26(17-31(34)37(6,7)8)15-27-18-32(38(9,10)11)35(33(19-27)39(12,13)14)45-25(2)41-21-29-23-43-29/h16-19,24-25,28-29H,15,20-23H2,1-14H3. The number of epoxide rings is 2. The maximum atomic E-state index is 6.62. The van der Waals surface area contributed by atoms with Crippen molar-refractivity contribution in [2.45, 2.75) is 150 Å². The lowest BCUT2D eigenvalue weighted by Gasteiger charge is -2.33. The maximum absolute atomic E-state index is 6.62. The normalized spacial score (nSPS) is 20.1. The van der Waals surface area contributed by atoms with Gasteiger partial charge in [0.1, 0.15) is 23.7 Å². The highest BCUT2D eigenvalue weighted by Crippen LogP contribution is 2.44. The first kappa shape index (κ1) is 35.7. The molecule has 4 unspecified atom stereocenters. The van der Waals surface area contributed by atoms with Gasteiger partial charge in [0, 0.05) is 22.3 Å². The molecule has 0 aromatic heterocycles. The molecule has 2 aliphatic heterocycles. The summed E-state index contributed by atoms with van der Waals surface area (Å²) in [6.45, 7) is 33.7. The average Bonchev–Trinajstić information content (AvgIpc) is 3.80. The first-order valence-corrected chi connectivity index (χ1v) is 16.8. The summed E-state index contributed by atoms with van der Waals surface area (Å²) in [7, 11) is 0. The summed E-state index contributed by atoms with van der Waals surface area (Å²) in [4.78, 5) is 0. The van der Waals surface area contributed by atoms with E-state index < -0.39 is 0 Å². The molecule has 252 valence electrons. The Morgan fingerprint density at radius 3 is 1.04 bits per heavy atom. The SMILES string of the molecule is CC(OCC1CO1)Oc1c(C(C)(C)C)cc(Cc2cc(C(C)(C)C)c(OC(C)OCC3CO3)c(C(C)(C)C)c2)cc1C(C)(C)C. The number of ether oxygens (including phenoxy) is 6. The van der Waals surface area contributed by atoms with Crippen molar-refractivity contribution >= 4 is 0 Å². The Labute approximate surface area is 273 Å². The van der Waals surface area contributed by atoms with Crippen molar-refractivity contribution in [3.05, 3.63) is 57.6 Å². The molecular formula is C39H60O6. The van der Waals surface area contributed by atoms with E-state index in [2.05, 4.69) is 107 Å². The molecule has 2 fully saturated rings. The van der Waals surface area contributed by atoms with E-state index in [-0.39, 0.29) is 46.4 Å². The Bertz CT molecular complexity index is 1140. The third-order valence-corrected chi connectivity index (χ3v) is 8.34. The zero-order chi connectivity index (χ0) is 33.5. The van der Waals surface area contributed by atoms with Crippen molar-refractivity contribution in [3.63, 3.8) is 0 Å². The van der Waals surface area contributed by atoms with Gasteiger partial charge in [-0.15, -0.1) is 0 Å². The van der Waals surface area contributed by atoms with Gasteiger partial charge in [-0.2, -0.15) is 0 Å². The van der Waals surface area contributed by atoms with Crippen LogP contribution in [0.15, 0.2) is 24.3 Å². The Morgan fingerprint density at radius 1 is 0.556 bits per heavy atom. The van der Waals surface area contributed by atoms with Gasteiger partial charge < -0.3 is 28.4 Å². The molecule has 0 aliphatic carbocycles. The molecule has 2 aromatic rings. The Balaban J connectivity index is 1.76. The van der Waals surface area contributed by atoms with Crippen LogP contribution in [0.5, 0.6) is 11.5 Å². The van der Waals surface area contributed by atoms with Gasteiger partial charge in [0.2, 0.25) is 0 Å². The minimum Gasteiger partial charge on any atom is -0.465 e. The van der Waals surface area contributed by atoms with Gasteiger partial charge in [0.25, 0.3) is 0 Å². The van der Waals surface area contributed by atoms with Crippen LogP contribution in [0.4, 0.5) is 0 Å². The largest absolute Gasteiger partial charge is 0.465 e. The second-order valence-electron chi connectivity index (χ2n) is 17.2. The van der Waals surface area contributed by atoms with Crippen molar-refractivity contribution in [2.75, 3.05) is 26.4 Å². The summed E-state index contributed by atoms with van der Waals surface area (Å²) >= 11 is 0. The summed E-state index contributed by atoms with van der Waals surface area (Å²) in [5, 5.41) is 0. The van der Waals surface area contributed by atoms with Gasteiger partial charge >= 0.3 is 0 Å². The fourth-order valence-electron chi connectivity index (χ4n) is 5.51. The Hall–Kier alpha value is -2.12. The number of hydrogen-bond acceptors (Lipinski definition) is 6. The third kappa shape index (κ3) is 9.93. The van der Waals surface area contributed by atoms with Crippen LogP contribution in [-0.2, 0) is 47.0 Å². The topological polar surface area (TPSA) is 62.0 Å². The zero-order valence-electron chi connectivity index (χ0n) is 30.6. The van der Waals surface area contributed by atoms with Crippen molar-refractivity contribution in [1.29, 1.82) is 0 Å². The number of rotatable bonds is 12.